The van der Waals surface area contributed by atoms with Crippen molar-refractivity contribution in [3.8, 4) is 0 Å². The van der Waals surface area contributed by atoms with Gasteiger partial charge in [0, 0.05) is 24.3 Å². The molecule has 1 aromatic rings. The fraction of sp³-hybridized carbons (Fsp3) is 0.462. The Morgan fingerprint density at radius 3 is 2.65 bits per heavy atom. The smallest absolute Gasteiger partial charge is 0.248 e. The Bertz CT molecular complexity index is 361. The predicted octanol–water partition coefficient (Wildman–Crippen LogP) is 1.54. The molecule has 17 heavy (non-hydrogen) atoms. The lowest BCUT2D eigenvalue weighted by Crippen LogP contribution is -2.28. The Morgan fingerprint density at radius 2 is 2.06 bits per heavy atom. The quantitative estimate of drug-likeness (QED) is 0.753. The zero-order chi connectivity index (χ0) is 12.7. The van der Waals surface area contributed by atoms with Crippen LogP contribution in [0.3, 0.4) is 0 Å². The number of rotatable bonds is 7. The van der Waals surface area contributed by atoms with Gasteiger partial charge in [-0.25, -0.2) is 0 Å². The van der Waals surface area contributed by atoms with Gasteiger partial charge in [-0.15, -0.1) is 0 Å². The molecule has 94 valence electrons. The van der Waals surface area contributed by atoms with E-state index in [2.05, 4.69) is 24.1 Å². The van der Waals surface area contributed by atoms with Gasteiger partial charge in [-0.1, -0.05) is 19.9 Å². The van der Waals surface area contributed by atoms with Gasteiger partial charge in [-0.05, 0) is 31.3 Å². The second-order valence-electron chi connectivity index (χ2n) is 3.90. The Morgan fingerprint density at radius 1 is 1.35 bits per heavy atom. The summed E-state index contributed by atoms with van der Waals surface area (Å²) >= 11 is 0. The van der Waals surface area contributed by atoms with Crippen molar-refractivity contribution in [2.24, 2.45) is 5.73 Å². The zero-order valence-corrected chi connectivity index (χ0v) is 10.6. The molecule has 4 nitrogen and oxygen atoms in total. The molecule has 0 spiro atoms. The molecule has 3 N–H and O–H groups in total. The molecule has 0 heterocycles. The fourth-order valence-corrected chi connectivity index (χ4v) is 1.68. The zero-order valence-electron chi connectivity index (χ0n) is 10.6. The van der Waals surface area contributed by atoms with Gasteiger partial charge in [0.15, 0.2) is 0 Å². The SMILES string of the molecule is CCN(CC)CCNc1cccc(C(N)=O)c1. The van der Waals surface area contributed by atoms with Crippen LogP contribution in [0.2, 0.25) is 0 Å². The molecule has 0 bridgehead atoms. The topological polar surface area (TPSA) is 58.4 Å². The summed E-state index contributed by atoms with van der Waals surface area (Å²) in [5, 5.41) is 3.29. The Hall–Kier alpha value is -1.55. The number of likely N-dealkylation sites (N-methyl/N-ethyl adjacent to an activating group) is 1. The summed E-state index contributed by atoms with van der Waals surface area (Å²) in [5.41, 5.74) is 6.71. The summed E-state index contributed by atoms with van der Waals surface area (Å²) in [5.74, 6) is -0.391. The monoisotopic (exact) mass is 235 g/mol. The highest BCUT2D eigenvalue weighted by atomic mass is 16.1. The third-order valence-corrected chi connectivity index (χ3v) is 2.80. The van der Waals surface area contributed by atoms with Crippen molar-refractivity contribution >= 4 is 11.6 Å². The molecule has 0 aliphatic heterocycles. The van der Waals surface area contributed by atoms with E-state index in [1.807, 2.05) is 12.1 Å². The Kier molecular flexibility index (Phi) is 5.49. The predicted molar refractivity (Wildman–Crippen MR) is 71.2 cm³/mol. The van der Waals surface area contributed by atoms with Crippen LogP contribution in [0.1, 0.15) is 24.2 Å². The maximum absolute atomic E-state index is 11.0. The van der Waals surface area contributed by atoms with Crippen molar-refractivity contribution in [2.75, 3.05) is 31.5 Å². The van der Waals surface area contributed by atoms with E-state index in [1.54, 1.807) is 12.1 Å². The van der Waals surface area contributed by atoms with Gasteiger partial charge < -0.3 is 16.0 Å². The van der Waals surface area contributed by atoms with Crippen LogP contribution >= 0.6 is 0 Å². The maximum atomic E-state index is 11.0. The highest BCUT2D eigenvalue weighted by Crippen LogP contribution is 2.09. The molecule has 1 rings (SSSR count). The largest absolute Gasteiger partial charge is 0.384 e. The summed E-state index contributed by atoms with van der Waals surface area (Å²) in [6, 6.07) is 7.27. The second kappa shape index (κ2) is 6.91. The number of nitrogens with two attached hydrogens (primary N) is 1. The van der Waals surface area contributed by atoms with Crippen LogP contribution in [0.5, 0.6) is 0 Å². The molecule has 0 fully saturated rings. The summed E-state index contributed by atoms with van der Waals surface area (Å²) in [6.07, 6.45) is 0. The minimum absolute atomic E-state index is 0.391. The minimum Gasteiger partial charge on any atom is -0.384 e. The average molecular weight is 235 g/mol. The molecule has 1 amide bonds. The molecule has 0 saturated carbocycles. The third-order valence-electron chi connectivity index (χ3n) is 2.80. The van der Waals surface area contributed by atoms with E-state index in [0.29, 0.717) is 5.56 Å². The molecule has 4 heteroatoms. The number of anilines is 1. The minimum atomic E-state index is -0.391. The highest BCUT2D eigenvalue weighted by Gasteiger charge is 2.01. The van der Waals surface area contributed by atoms with E-state index in [1.165, 1.54) is 0 Å². The lowest BCUT2D eigenvalue weighted by atomic mass is 10.2. The van der Waals surface area contributed by atoms with Crippen molar-refractivity contribution < 1.29 is 4.79 Å². The van der Waals surface area contributed by atoms with Gasteiger partial charge in [-0.3, -0.25) is 4.79 Å². The lowest BCUT2D eigenvalue weighted by Gasteiger charge is -2.18. The normalized spacial score (nSPS) is 10.5. The molecule has 0 aromatic heterocycles. The first-order valence-electron chi connectivity index (χ1n) is 6.03. The van der Waals surface area contributed by atoms with E-state index >= 15 is 0 Å². The van der Waals surface area contributed by atoms with E-state index in [0.717, 1.165) is 31.9 Å². The Labute approximate surface area is 103 Å². The number of amides is 1. The van der Waals surface area contributed by atoms with Crippen LogP contribution in [0.15, 0.2) is 24.3 Å². The van der Waals surface area contributed by atoms with Gasteiger partial charge in [0.1, 0.15) is 0 Å². The van der Waals surface area contributed by atoms with Crippen molar-refractivity contribution in [1.82, 2.24) is 4.90 Å². The molecular weight excluding hydrogens is 214 g/mol. The third kappa shape index (κ3) is 4.44. The van der Waals surface area contributed by atoms with Crippen molar-refractivity contribution in [3.05, 3.63) is 29.8 Å². The standard InChI is InChI=1S/C13H21N3O/c1-3-16(4-2)9-8-15-12-7-5-6-11(10-12)13(14)17/h5-7,10,15H,3-4,8-9H2,1-2H3,(H2,14,17). The summed E-state index contributed by atoms with van der Waals surface area (Å²) in [6.45, 7) is 8.27. The molecule has 1 aromatic carbocycles. The molecule has 0 aliphatic carbocycles. The fourth-order valence-electron chi connectivity index (χ4n) is 1.68. The van der Waals surface area contributed by atoms with Crippen molar-refractivity contribution in [3.63, 3.8) is 0 Å². The molecule has 0 aliphatic rings. The van der Waals surface area contributed by atoms with E-state index in [9.17, 15) is 4.79 Å². The number of hydrogen-bond acceptors (Lipinski definition) is 3. The average Bonchev–Trinajstić information content (AvgIpc) is 2.35. The van der Waals surface area contributed by atoms with Crippen molar-refractivity contribution in [2.45, 2.75) is 13.8 Å². The number of primary amides is 1. The van der Waals surface area contributed by atoms with Crippen LogP contribution in [0, 0.1) is 0 Å². The number of hydrogen-bond donors (Lipinski definition) is 2. The molecule has 0 radical (unpaired) electrons. The first-order valence-corrected chi connectivity index (χ1v) is 6.03. The molecule has 0 unspecified atom stereocenters. The van der Waals surface area contributed by atoms with Crippen LogP contribution in [-0.4, -0.2) is 37.0 Å². The van der Waals surface area contributed by atoms with Crippen LogP contribution < -0.4 is 11.1 Å². The molecular formula is C13H21N3O. The van der Waals surface area contributed by atoms with Gasteiger partial charge in [0.2, 0.25) is 5.91 Å². The lowest BCUT2D eigenvalue weighted by molar-refractivity contribution is 0.100. The maximum Gasteiger partial charge on any atom is 0.248 e. The van der Waals surface area contributed by atoms with Crippen molar-refractivity contribution in [1.29, 1.82) is 0 Å². The van der Waals surface area contributed by atoms with E-state index in [-0.39, 0.29) is 0 Å². The number of nitrogens with zero attached hydrogens (tertiary/aromatic N) is 1. The Balaban J connectivity index is 2.46. The van der Waals surface area contributed by atoms with Gasteiger partial charge in [0.25, 0.3) is 0 Å². The second-order valence-corrected chi connectivity index (χ2v) is 3.90. The number of nitrogens with one attached hydrogen (secondary N) is 1. The number of carbonyl (C=O) groups is 1. The summed E-state index contributed by atoms with van der Waals surface area (Å²) in [7, 11) is 0. The van der Waals surface area contributed by atoms with Crippen LogP contribution in [0.4, 0.5) is 5.69 Å². The van der Waals surface area contributed by atoms with Gasteiger partial charge in [-0.2, -0.15) is 0 Å². The van der Waals surface area contributed by atoms with Crippen LogP contribution in [0.25, 0.3) is 0 Å². The van der Waals surface area contributed by atoms with Gasteiger partial charge >= 0.3 is 0 Å². The molecule has 0 saturated heterocycles. The van der Waals surface area contributed by atoms with E-state index < -0.39 is 5.91 Å². The summed E-state index contributed by atoms with van der Waals surface area (Å²) in [4.78, 5) is 13.4. The first kappa shape index (κ1) is 13.5. The van der Waals surface area contributed by atoms with E-state index in [4.69, 9.17) is 5.73 Å². The highest BCUT2D eigenvalue weighted by molar-refractivity contribution is 5.93. The first-order chi connectivity index (χ1) is 8.17. The van der Waals surface area contributed by atoms with Crippen LogP contribution in [-0.2, 0) is 0 Å². The number of carbonyl (C=O) groups excluding carboxylic acids is 1. The number of benzene rings is 1. The summed E-state index contributed by atoms with van der Waals surface area (Å²) < 4.78 is 0. The molecule has 0 atom stereocenters. The van der Waals surface area contributed by atoms with Gasteiger partial charge in [0.05, 0.1) is 0 Å².